The molecule has 0 aromatic heterocycles. The van der Waals surface area contributed by atoms with Crippen LogP contribution >= 0.6 is 15.9 Å². The summed E-state index contributed by atoms with van der Waals surface area (Å²) in [4.78, 5) is 11.0. The monoisotopic (exact) mass is 222 g/mol. The highest BCUT2D eigenvalue weighted by Crippen LogP contribution is 2.26. The fraction of sp³-hybridized carbons (Fsp3) is 0.100. The first kappa shape index (κ1) is 7.74. The van der Waals surface area contributed by atoms with Crippen molar-refractivity contribution in [2.24, 2.45) is 0 Å². The van der Waals surface area contributed by atoms with Gasteiger partial charge in [0.2, 0.25) is 0 Å². The molecular formula is C10H7BrO. The first-order valence-electron chi connectivity index (χ1n) is 3.71. The van der Waals surface area contributed by atoms with Crippen LogP contribution in [0.1, 0.15) is 5.56 Å². The van der Waals surface area contributed by atoms with E-state index >= 15 is 0 Å². The highest BCUT2D eigenvalue weighted by Gasteiger charge is 2.18. The standard InChI is InChI=1S/C10H7BrO/c1-6-9(10(6)12)7-3-2-4-8(11)5-7/h2-5H,1H3. The fourth-order valence-corrected chi connectivity index (χ4v) is 1.65. The third-order valence-electron chi connectivity index (χ3n) is 1.99. The Morgan fingerprint density at radius 2 is 2.00 bits per heavy atom. The van der Waals surface area contributed by atoms with Crippen LogP contribution in [0.15, 0.2) is 33.5 Å². The van der Waals surface area contributed by atoms with Crippen LogP contribution in [-0.2, 0) is 0 Å². The average Bonchev–Trinajstić information content (AvgIpc) is 2.60. The molecule has 0 aliphatic heterocycles. The molecule has 60 valence electrons. The van der Waals surface area contributed by atoms with Crippen molar-refractivity contribution in [3.63, 3.8) is 0 Å². The Hall–Kier alpha value is -0.890. The lowest BCUT2D eigenvalue weighted by Gasteiger charge is -1.92. The van der Waals surface area contributed by atoms with Gasteiger partial charge in [0.05, 0.1) is 0 Å². The molecule has 0 unspecified atom stereocenters. The molecule has 0 saturated carbocycles. The Balaban J connectivity index is 2.50. The van der Waals surface area contributed by atoms with Gasteiger partial charge in [-0.3, -0.25) is 4.79 Å². The Morgan fingerprint density at radius 1 is 1.33 bits per heavy atom. The molecule has 0 aliphatic rings. The minimum Gasteiger partial charge on any atom is -0.289 e. The van der Waals surface area contributed by atoms with E-state index in [0.717, 1.165) is 21.2 Å². The summed E-state index contributed by atoms with van der Waals surface area (Å²) in [5.41, 5.74) is 3.00. The second-order valence-electron chi connectivity index (χ2n) is 2.84. The molecule has 0 heterocycles. The topological polar surface area (TPSA) is 17.1 Å². The van der Waals surface area contributed by atoms with E-state index in [9.17, 15) is 4.79 Å². The number of benzene rings is 1. The maximum atomic E-state index is 11.0. The third-order valence-corrected chi connectivity index (χ3v) is 2.49. The van der Waals surface area contributed by atoms with Crippen LogP contribution in [-0.4, -0.2) is 0 Å². The van der Waals surface area contributed by atoms with E-state index in [1.54, 1.807) is 0 Å². The van der Waals surface area contributed by atoms with E-state index in [0.29, 0.717) is 0 Å². The third kappa shape index (κ3) is 1.12. The predicted molar refractivity (Wildman–Crippen MR) is 53.0 cm³/mol. The normalized spacial score (nSPS) is 10.8. The molecule has 2 aromatic rings. The number of hydrogen-bond donors (Lipinski definition) is 0. The van der Waals surface area contributed by atoms with Crippen LogP contribution < -0.4 is 5.43 Å². The summed E-state index contributed by atoms with van der Waals surface area (Å²) < 4.78 is 1.01. The average molecular weight is 223 g/mol. The zero-order valence-corrected chi connectivity index (χ0v) is 8.18. The second kappa shape index (κ2) is 2.56. The molecule has 1 nitrogen and oxygen atoms in total. The Labute approximate surface area is 78.9 Å². The van der Waals surface area contributed by atoms with Gasteiger partial charge in [-0.2, -0.15) is 0 Å². The van der Waals surface area contributed by atoms with Crippen molar-refractivity contribution in [2.45, 2.75) is 6.92 Å². The maximum absolute atomic E-state index is 11.0. The summed E-state index contributed by atoms with van der Waals surface area (Å²) in [5.74, 6) is 0. The van der Waals surface area contributed by atoms with E-state index < -0.39 is 0 Å². The zero-order valence-electron chi connectivity index (χ0n) is 6.60. The van der Waals surface area contributed by atoms with Crippen LogP contribution in [0, 0.1) is 6.92 Å². The van der Waals surface area contributed by atoms with Crippen molar-refractivity contribution in [1.29, 1.82) is 0 Å². The molecule has 0 fully saturated rings. The number of hydrogen-bond acceptors (Lipinski definition) is 1. The van der Waals surface area contributed by atoms with E-state index in [-0.39, 0.29) is 5.43 Å². The Kier molecular flexibility index (Phi) is 1.65. The summed E-state index contributed by atoms with van der Waals surface area (Å²) in [5, 5.41) is 0. The van der Waals surface area contributed by atoms with Crippen molar-refractivity contribution in [2.75, 3.05) is 0 Å². The lowest BCUT2D eigenvalue weighted by molar-refractivity contribution is 1.62. The van der Waals surface area contributed by atoms with Gasteiger partial charge in [0.15, 0.2) is 5.43 Å². The molecule has 2 aromatic carbocycles. The van der Waals surface area contributed by atoms with Crippen LogP contribution in [0.4, 0.5) is 0 Å². The Morgan fingerprint density at radius 3 is 2.50 bits per heavy atom. The lowest BCUT2D eigenvalue weighted by Crippen LogP contribution is -1.76. The summed E-state index contributed by atoms with van der Waals surface area (Å²) >= 11 is 3.36. The molecule has 2 heteroatoms. The lowest BCUT2D eigenvalue weighted by atomic mass is 10.2. The van der Waals surface area contributed by atoms with E-state index in [4.69, 9.17) is 0 Å². The van der Waals surface area contributed by atoms with E-state index in [1.165, 1.54) is 0 Å². The van der Waals surface area contributed by atoms with Gasteiger partial charge in [0, 0.05) is 15.6 Å². The fourth-order valence-electron chi connectivity index (χ4n) is 1.25. The highest BCUT2D eigenvalue weighted by atomic mass is 79.9. The van der Waals surface area contributed by atoms with E-state index in [2.05, 4.69) is 15.9 Å². The van der Waals surface area contributed by atoms with Crippen LogP contribution in [0.25, 0.3) is 11.1 Å². The van der Waals surface area contributed by atoms with Crippen molar-refractivity contribution in [1.82, 2.24) is 0 Å². The first-order chi connectivity index (χ1) is 5.70. The number of halogens is 1. The van der Waals surface area contributed by atoms with Crippen LogP contribution in [0.3, 0.4) is 0 Å². The largest absolute Gasteiger partial charge is 0.289 e. The summed E-state index contributed by atoms with van der Waals surface area (Å²) in [6.07, 6.45) is 0. The first-order valence-corrected chi connectivity index (χ1v) is 4.51. The minimum absolute atomic E-state index is 0.202. The molecule has 12 heavy (non-hydrogen) atoms. The summed E-state index contributed by atoms with van der Waals surface area (Å²) in [7, 11) is 0. The minimum atomic E-state index is 0.202. The summed E-state index contributed by atoms with van der Waals surface area (Å²) in [6, 6.07) is 7.80. The van der Waals surface area contributed by atoms with E-state index in [1.807, 2.05) is 31.2 Å². The molecule has 0 amide bonds. The second-order valence-corrected chi connectivity index (χ2v) is 3.76. The van der Waals surface area contributed by atoms with Gasteiger partial charge < -0.3 is 0 Å². The van der Waals surface area contributed by atoms with Crippen molar-refractivity contribution < 1.29 is 0 Å². The van der Waals surface area contributed by atoms with Crippen molar-refractivity contribution in [3.8, 4) is 11.1 Å². The van der Waals surface area contributed by atoms with Gasteiger partial charge in [0.1, 0.15) is 0 Å². The molecule has 0 atom stereocenters. The van der Waals surface area contributed by atoms with Gasteiger partial charge in [-0.25, -0.2) is 0 Å². The molecule has 0 radical (unpaired) electrons. The van der Waals surface area contributed by atoms with Gasteiger partial charge in [-0.15, -0.1) is 0 Å². The maximum Gasteiger partial charge on any atom is 0.190 e. The smallest absolute Gasteiger partial charge is 0.190 e. The number of rotatable bonds is 1. The van der Waals surface area contributed by atoms with Gasteiger partial charge in [-0.1, -0.05) is 28.1 Å². The SMILES string of the molecule is Cc1c(-c2cccc(Br)c2)c1=O. The van der Waals surface area contributed by atoms with Crippen LogP contribution in [0.2, 0.25) is 0 Å². The molecule has 0 spiro atoms. The highest BCUT2D eigenvalue weighted by molar-refractivity contribution is 9.10. The predicted octanol–water partition coefficient (Wildman–Crippen LogP) is 2.66. The molecular weight excluding hydrogens is 216 g/mol. The van der Waals surface area contributed by atoms with Crippen LogP contribution in [0.5, 0.6) is 0 Å². The van der Waals surface area contributed by atoms with Crippen molar-refractivity contribution in [3.05, 3.63) is 44.5 Å². The van der Waals surface area contributed by atoms with Gasteiger partial charge >= 0.3 is 0 Å². The quantitative estimate of drug-likeness (QED) is 0.726. The van der Waals surface area contributed by atoms with Gasteiger partial charge in [-0.05, 0) is 24.6 Å². The Bertz CT molecular complexity index is 436. The summed E-state index contributed by atoms with van der Waals surface area (Å²) in [6.45, 7) is 1.86. The van der Waals surface area contributed by atoms with Crippen molar-refractivity contribution >= 4 is 15.9 Å². The molecule has 0 N–H and O–H groups in total. The molecule has 0 aliphatic carbocycles. The molecule has 0 saturated heterocycles. The van der Waals surface area contributed by atoms with Gasteiger partial charge in [0.25, 0.3) is 0 Å². The zero-order chi connectivity index (χ0) is 8.72. The molecule has 2 rings (SSSR count). The molecule has 0 bridgehead atoms.